The van der Waals surface area contributed by atoms with Crippen molar-refractivity contribution < 1.29 is 18.8 Å². The first kappa shape index (κ1) is 15.2. The van der Waals surface area contributed by atoms with Gasteiger partial charge in [-0.1, -0.05) is 12.1 Å². The Labute approximate surface area is 121 Å². The third-order valence-corrected chi connectivity index (χ3v) is 5.62. The van der Waals surface area contributed by atoms with Crippen LogP contribution in [0.4, 0.5) is 0 Å². The third kappa shape index (κ3) is 2.79. The normalized spacial score (nSPS) is 25.3. The number of carboxylic acids is 1. The Balaban J connectivity index is 2.40. The Morgan fingerprint density at radius 3 is 2.40 bits per heavy atom. The number of aromatic carboxylic acids is 1. The molecule has 0 aromatic heterocycles. The summed E-state index contributed by atoms with van der Waals surface area (Å²) < 4.78 is 18.8. The van der Waals surface area contributed by atoms with Crippen molar-refractivity contribution in [1.82, 2.24) is 0 Å². The van der Waals surface area contributed by atoms with Gasteiger partial charge in [-0.05, 0) is 46.2 Å². The van der Waals surface area contributed by atoms with Crippen molar-refractivity contribution in [2.24, 2.45) is 0 Å². The Morgan fingerprint density at radius 2 is 1.90 bits per heavy atom. The van der Waals surface area contributed by atoms with E-state index in [1.807, 2.05) is 27.7 Å². The number of benzene rings is 1. The maximum atomic E-state index is 12.8. The van der Waals surface area contributed by atoms with Gasteiger partial charge in [0.15, 0.2) is 0 Å². The predicted molar refractivity (Wildman–Crippen MR) is 77.5 cm³/mol. The van der Waals surface area contributed by atoms with E-state index in [9.17, 15) is 14.1 Å². The summed E-state index contributed by atoms with van der Waals surface area (Å²) in [6.07, 6.45) is 0.639. The number of hydrogen-bond donors (Lipinski definition) is 1. The van der Waals surface area contributed by atoms with Crippen molar-refractivity contribution in [1.29, 1.82) is 0 Å². The monoisotopic (exact) mass is 296 g/mol. The second kappa shape index (κ2) is 4.97. The van der Waals surface area contributed by atoms with Gasteiger partial charge in [-0.2, -0.15) is 0 Å². The molecule has 0 spiro atoms. The van der Waals surface area contributed by atoms with Crippen LogP contribution in [0.15, 0.2) is 29.2 Å². The summed E-state index contributed by atoms with van der Waals surface area (Å²) >= 11 is 0. The van der Waals surface area contributed by atoms with Crippen molar-refractivity contribution in [3.63, 3.8) is 0 Å². The second-order valence-electron chi connectivity index (χ2n) is 6.26. The molecule has 1 N–H and O–H groups in total. The molecule has 0 amide bonds. The molecule has 110 valence electrons. The zero-order valence-electron chi connectivity index (χ0n) is 12.2. The Kier molecular flexibility index (Phi) is 3.77. The molecule has 0 bridgehead atoms. The van der Waals surface area contributed by atoms with Gasteiger partial charge in [0.2, 0.25) is 0 Å². The van der Waals surface area contributed by atoms with Crippen LogP contribution in [0.2, 0.25) is 0 Å². The van der Waals surface area contributed by atoms with Crippen LogP contribution in [0, 0.1) is 0 Å². The largest absolute Gasteiger partial charge is 0.478 e. The lowest BCUT2D eigenvalue weighted by molar-refractivity contribution is -0.0633. The average molecular weight is 296 g/mol. The highest BCUT2D eigenvalue weighted by atomic mass is 32.2. The van der Waals surface area contributed by atoms with E-state index in [0.29, 0.717) is 11.3 Å². The molecule has 5 heteroatoms. The van der Waals surface area contributed by atoms with Crippen LogP contribution < -0.4 is 0 Å². The molecule has 1 fully saturated rings. The van der Waals surface area contributed by atoms with Crippen LogP contribution in [0.5, 0.6) is 0 Å². The molecule has 2 atom stereocenters. The SMILES string of the molecule is CC1(C)CC(S(=O)c2ccccc2C(=O)O)C(C)(C)O1. The molecule has 1 aliphatic heterocycles. The topological polar surface area (TPSA) is 63.6 Å². The van der Waals surface area contributed by atoms with Crippen LogP contribution in [0.25, 0.3) is 0 Å². The van der Waals surface area contributed by atoms with Gasteiger partial charge in [0.1, 0.15) is 0 Å². The standard InChI is InChI=1S/C15H20O4S/c1-14(2)9-12(15(3,4)19-14)20(18)11-8-6-5-7-10(11)13(16)17/h5-8,12H,9H2,1-4H3,(H,16,17). The molecule has 1 aliphatic rings. The van der Waals surface area contributed by atoms with Gasteiger partial charge in [-0.3, -0.25) is 4.21 Å². The average Bonchev–Trinajstić information content (AvgIpc) is 2.56. The maximum absolute atomic E-state index is 12.8. The molecule has 1 aromatic rings. The maximum Gasteiger partial charge on any atom is 0.336 e. The highest BCUT2D eigenvalue weighted by molar-refractivity contribution is 7.85. The van der Waals surface area contributed by atoms with Crippen LogP contribution in [-0.2, 0) is 15.5 Å². The van der Waals surface area contributed by atoms with Crippen molar-refractivity contribution in [2.75, 3.05) is 0 Å². The summed E-state index contributed by atoms with van der Waals surface area (Å²) in [6, 6.07) is 6.47. The summed E-state index contributed by atoms with van der Waals surface area (Å²) in [6.45, 7) is 7.76. The van der Waals surface area contributed by atoms with E-state index in [1.54, 1.807) is 18.2 Å². The third-order valence-electron chi connectivity index (χ3n) is 3.58. The molecule has 20 heavy (non-hydrogen) atoms. The van der Waals surface area contributed by atoms with Gasteiger partial charge >= 0.3 is 5.97 Å². The minimum Gasteiger partial charge on any atom is -0.478 e. The minimum absolute atomic E-state index is 0.103. The molecule has 1 heterocycles. The Hall–Kier alpha value is -1.20. The van der Waals surface area contributed by atoms with E-state index in [1.165, 1.54) is 6.07 Å². The van der Waals surface area contributed by atoms with E-state index in [2.05, 4.69) is 0 Å². The molecule has 0 radical (unpaired) electrons. The summed E-state index contributed by atoms with van der Waals surface area (Å²) in [5, 5.41) is 9.00. The van der Waals surface area contributed by atoms with Crippen LogP contribution in [0.1, 0.15) is 44.5 Å². The van der Waals surface area contributed by atoms with Gasteiger partial charge in [-0.15, -0.1) is 0 Å². The Morgan fingerprint density at radius 1 is 1.30 bits per heavy atom. The van der Waals surface area contributed by atoms with E-state index in [-0.39, 0.29) is 16.4 Å². The van der Waals surface area contributed by atoms with Crippen molar-refractivity contribution >= 4 is 16.8 Å². The predicted octanol–water partition coefficient (Wildman–Crippen LogP) is 2.84. The molecule has 2 rings (SSSR count). The zero-order chi connectivity index (χ0) is 15.1. The fourth-order valence-corrected chi connectivity index (χ4v) is 4.82. The number of hydrogen-bond acceptors (Lipinski definition) is 3. The minimum atomic E-state index is -1.41. The van der Waals surface area contributed by atoms with Crippen LogP contribution >= 0.6 is 0 Å². The van der Waals surface area contributed by atoms with Gasteiger partial charge in [0.25, 0.3) is 0 Å². The lowest BCUT2D eigenvalue weighted by atomic mass is 10.0. The molecule has 0 saturated carbocycles. The molecule has 4 nitrogen and oxygen atoms in total. The summed E-state index contributed by atoms with van der Waals surface area (Å²) in [5.74, 6) is -1.05. The van der Waals surface area contributed by atoms with Crippen molar-refractivity contribution in [2.45, 2.75) is 55.5 Å². The van der Waals surface area contributed by atoms with Crippen molar-refractivity contribution in [3.8, 4) is 0 Å². The number of ether oxygens (including phenoxy) is 1. The lowest BCUT2D eigenvalue weighted by Crippen LogP contribution is -2.36. The smallest absolute Gasteiger partial charge is 0.336 e. The van der Waals surface area contributed by atoms with Gasteiger partial charge in [0, 0.05) is 0 Å². The van der Waals surface area contributed by atoms with Gasteiger partial charge < -0.3 is 9.84 Å². The first-order valence-electron chi connectivity index (χ1n) is 6.57. The molecule has 1 aromatic carbocycles. The summed E-state index contributed by atoms with van der Waals surface area (Å²) in [7, 11) is -1.41. The fraction of sp³-hybridized carbons (Fsp3) is 0.533. The molecule has 2 unspecified atom stereocenters. The number of carbonyl (C=O) groups is 1. The second-order valence-corrected chi connectivity index (χ2v) is 7.86. The quantitative estimate of drug-likeness (QED) is 0.931. The molecular formula is C15H20O4S. The molecular weight excluding hydrogens is 276 g/mol. The number of carboxylic acid groups (broad SMARTS) is 1. The number of rotatable bonds is 3. The lowest BCUT2D eigenvalue weighted by Gasteiger charge is -2.27. The highest BCUT2D eigenvalue weighted by Crippen LogP contribution is 2.41. The van der Waals surface area contributed by atoms with Crippen LogP contribution in [-0.4, -0.2) is 31.7 Å². The van der Waals surface area contributed by atoms with Gasteiger partial charge in [0.05, 0.1) is 37.7 Å². The van der Waals surface area contributed by atoms with Gasteiger partial charge in [-0.25, -0.2) is 4.79 Å². The first-order valence-corrected chi connectivity index (χ1v) is 7.78. The first-order chi connectivity index (χ1) is 9.14. The Bertz CT molecular complexity index is 563. The molecule has 0 aliphatic carbocycles. The zero-order valence-corrected chi connectivity index (χ0v) is 13.0. The highest BCUT2D eigenvalue weighted by Gasteiger charge is 2.49. The van der Waals surface area contributed by atoms with Crippen molar-refractivity contribution in [3.05, 3.63) is 29.8 Å². The van der Waals surface area contributed by atoms with E-state index >= 15 is 0 Å². The van der Waals surface area contributed by atoms with E-state index in [0.717, 1.165) is 0 Å². The molecule has 1 saturated heterocycles. The van der Waals surface area contributed by atoms with E-state index in [4.69, 9.17) is 4.74 Å². The van der Waals surface area contributed by atoms with Crippen LogP contribution in [0.3, 0.4) is 0 Å². The fourth-order valence-electron chi connectivity index (χ4n) is 2.82. The summed E-state index contributed by atoms with van der Waals surface area (Å²) in [4.78, 5) is 11.6. The van der Waals surface area contributed by atoms with E-state index < -0.39 is 22.4 Å². The summed E-state index contributed by atoms with van der Waals surface area (Å²) in [5.41, 5.74) is -0.784.